The summed E-state index contributed by atoms with van der Waals surface area (Å²) in [5.41, 5.74) is 2.80. The maximum absolute atomic E-state index is 12.8. The zero-order valence-corrected chi connectivity index (χ0v) is 14.2. The maximum Gasteiger partial charge on any atom is 0.316 e. The van der Waals surface area contributed by atoms with Gasteiger partial charge in [0.25, 0.3) is 0 Å². The third-order valence-electron chi connectivity index (χ3n) is 4.66. The van der Waals surface area contributed by atoms with Gasteiger partial charge in [-0.15, -0.1) is 0 Å². The van der Waals surface area contributed by atoms with E-state index in [-0.39, 0.29) is 18.3 Å². The van der Waals surface area contributed by atoms with Gasteiger partial charge in [-0.05, 0) is 31.0 Å². The number of amides is 1. The van der Waals surface area contributed by atoms with Gasteiger partial charge in [-0.3, -0.25) is 9.59 Å². The van der Waals surface area contributed by atoms with Crippen molar-refractivity contribution in [3.8, 4) is 0 Å². The minimum atomic E-state index is -0.944. The number of anilines is 1. The van der Waals surface area contributed by atoms with Crippen molar-refractivity contribution in [2.75, 3.05) is 12.0 Å². The minimum absolute atomic E-state index is 0.0666. The number of hydrogen-bond donors (Lipinski definition) is 0. The number of fused-ring (bicyclic) bond motifs is 1. The second-order valence-electron chi connectivity index (χ2n) is 6.49. The van der Waals surface area contributed by atoms with Crippen molar-refractivity contribution >= 4 is 17.6 Å². The van der Waals surface area contributed by atoms with Crippen molar-refractivity contribution in [2.24, 2.45) is 0 Å². The van der Waals surface area contributed by atoms with Crippen molar-refractivity contribution in [3.63, 3.8) is 0 Å². The number of carbonyl (C=O) groups is 2. The molecule has 0 aromatic heterocycles. The first-order valence-corrected chi connectivity index (χ1v) is 7.99. The second kappa shape index (κ2) is 6.11. The predicted molar refractivity (Wildman–Crippen MR) is 92.8 cm³/mol. The smallest absolute Gasteiger partial charge is 0.316 e. The van der Waals surface area contributed by atoms with E-state index in [0.29, 0.717) is 6.54 Å². The number of carbonyl (C=O) groups excluding carboxylic acids is 2. The highest BCUT2D eigenvalue weighted by Crippen LogP contribution is 2.42. The molecule has 0 unspecified atom stereocenters. The van der Waals surface area contributed by atoms with Gasteiger partial charge in [0, 0.05) is 12.1 Å². The Balaban J connectivity index is 2.09. The van der Waals surface area contributed by atoms with E-state index in [1.807, 2.05) is 55.5 Å². The summed E-state index contributed by atoms with van der Waals surface area (Å²) in [7, 11) is 1.36. The summed E-state index contributed by atoms with van der Waals surface area (Å²) in [6, 6.07) is 15.7. The Bertz CT molecular complexity index is 785. The largest absolute Gasteiger partial charge is 0.468 e. The van der Waals surface area contributed by atoms with Crippen LogP contribution in [0.4, 0.5) is 5.69 Å². The maximum atomic E-state index is 12.8. The van der Waals surface area contributed by atoms with Crippen LogP contribution in [0.1, 0.15) is 30.0 Å². The van der Waals surface area contributed by atoms with Crippen LogP contribution in [0.15, 0.2) is 48.5 Å². The van der Waals surface area contributed by atoms with Gasteiger partial charge in [-0.25, -0.2) is 0 Å². The zero-order valence-electron chi connectivity index (χ0n) is 14.2. The Kier molecular flexibility index (Phi) is 4.14. The number of ether oxygens (including phenoxy) is 1. The van der Waals surface area contributed by atoms with E-state index >= 15 is 0 Å². The van der Waals surface area contributed by atoms with Gasteiger partial charge in [0.15, 0.2) is 0 Å². The van der Waals surface area contributed by atoms with Gasteiger partial charge >= 0.3 is 5.97 Å². The number of hydrogen-bond acceptors (Lipinski definition) is 3. The molecule has 0 fully saturated rings. The highest BCUT2D eigenvalue weighted by Gasteiger charge is 2.46. The van der Waals surface area contributed by atoms with E-state index in [9.17, 15) is 9.59 Å². The van der Waals surface area contributed by atoms with Crippen LogP contribution in [0.5, 0.6) is 0 Å². The Labute approximate surface area is 142 Å². The monoisotopic (exact) mass is 323 g/mol. The van der Waals surface area contributed by atoms with Gasteiger partial charge in [0.1, 0.15) is 5.41 Å². The third kappa shape index (κ3) is 2.68. The lowest BCUT2D eigenvalue weighted by Crippen LogP contribution is -2.47. The number of benzene rings is 2. The molecule has 4 heteroatoms. The highest BCUT2D eigenvalue weighted by atomic mass is 16.5. The van der Waals surface area contributed by atoms with Crippen molar-refractivity contribution in [3.05, 3.63) is 65.2 Å². The normalized spacial score (nSPS) is 19.8. The number of rotatable bonds is 3. The van der Waals surface area contributed by atoms with Gasteiger partial charge in [0.2, 0.25) is 5.91 Å². The number of esters is 1. The highest BCUT2D eigenvalue weighted by molar-refractivity contribution is 6.03. The Morgan fingerprint density at radius 1 is 1.21 bits per heavy atom. The molecular formula is C20H21NO3. The fourth-order valence-electron chi connectivity index (χ4n) is 3.30. The lowest BCUT2D eigenvalue weighted by atomic mass is 9.75. The number of methoxy groups -OCH3 is 1. The Morgan fingerprint density at radius 3 is 2.58 bits per heavy atom. The first kappa shape index (κ1) is 16.2. The summed E-state index contributed by atoms with van der Waals surface area (Å²) in [4.78, 5) is 26.9. The van der Waals surface area contributed by atoms with E-state index in [1.165, 1.54) is 7.11 Å². The SMILES string of the molecule is COC(=O)[C@@]1(C)CC(=O)N(Cc2ccccc2)c2ccc(C)cc21. The molecule has 4 nitrogen and oxygen atoms in total. The minimum Gasteiger partial charge on any atom is -0.468 e. The van der Waals surface area contributed by atoms with E-state index < -0.39 is 5.41 Å². The molecule has 2 aromatic carbocycles. The standard InChI is InChI=1S/C20H21NO3/c1-14-9-10-17-16(11-14)20(2,19(23)24-3)12-18(22)21(17)13-15-7-5-4-6-8-15/h4-11H,12-13H2,1-3H3/t20-/m0/s1. The molecule has 0 spiro atoms. The molecule has 1 atom stereocenters. The fourth-order valence-corrected chi connectivity index (χ4v) is 3.30. The van der Waals surface area contributed by atoms with Gasteiger partial charge in [-0.1, -0.05) is 48.0 Å². The molecule has 1 aliphatic heterocycles. The van der Waals surface area contributed by atoms with Gasteiger partial charge < -0.3 is 9.64 Å². The zero-order chi connectivity index (χ0) is 17.3. The molecule has 0 N–H and O–H groups in total. The average Bonchev–Trinajstić information content (AvgIpc) is 2.59. The van der Waals surface area contributed by atoms with Crippen LogP contribution >= 0.6 is 0 Å². The summed E-state index contributed by atoms with van der Waals surface area (Å²) < 4.78 is 4.98. The van der Waals surface area contributed by atoms with E-state index in [0.717, 1.165) is 22.4 Å². The van der Waals surface area contributed by atoms with Gasteiger partial charge in [0.05, 0.1) is 13.7 Å². The summed E-state index contributed by atoms with van der Waals surface area (Å²) in [5, 5.41) is 0. The molecule has 1 heterocycles. The predicted octanol–water partition coefficient (Wildman–Crippen LogP) is 3.36. The number of nitrogens with zero attached hydrogens (tertiary/aromatic N) is 1. The Morgan fingerprint density at radius 2 is 1.92 bits per heavy atom. The molecule has 2 aromatic rings. The molecule has 124 valence electrons. The van der Waals surface area contributed by atoms with Gasteiger partial charge in [-0.2, -0.15) is 0 Å². The quantitative estimate of drug-likeness (QED) is 0.814. The van der Waals surface area contributed by atoms with Crippen LogP contribution < -0.4 is 4.90 Å². The molecule has 3 rings (SSSR count). The van der Waals surface area contributed by atoms with Crippen LogP contribution in [0.2, 0.25) is 0 Å². The molecule has 1 amide bonds. The van der Waals surface area contributed by atoms with Crippen LogP contribution in [-0.4, -0.2) is 19.0 Å². The van der Waals surface area contributed by atoms with Crippen LogP contribution in [0.3, 0.4) is 0 Å². The van der Waals surface area contributed by atoms with E-state index in [2.05, 4.69) is 0 Å². The molecular weight excluding hydrogens is 302 g/mol. The van der Waals surface area contributed by atoms with Crippen molar-refractivity contribution in [1.82, 2.24) is 0 Å². The van der Waals surface area contributed by atoms with Crippen molar-refractivity contribution in [2.45, 2.75) is 32.2 Å². The van der Waals surface area contributed by atoms with Crippen LogP contribution in [0, 0.1) is 6.92 Å². The Hall–Kier alpha value is -2.62. The lowest BCUT2D eigenvalue weighted by Gasteiger charge is -2.39. The third-order valence-corrected chi connectivity index (χ3v) is 4.66. The van der Waals surface area contributed by atoms with E-state index in [1.54, 1.807) is 11.8 Å². The first-order chi connectivity index (χ1) is 11.5. The summed E-state index contributed by atoms with van der Waals surface area (Å²) in [5.74, 6) is -0.440. The fraction of sp³-hybridized carbons (Fsp3) is 0.300. The lowest BCUT2D eigenvalue weighted by molar-refractivity contribution is -0.149. The van der Waals surface area contributed by atoms with Crippen LogP contribution in [0.25, 0.3) is 0 Å². The molecule has 0 saturated carbocycles. The summed E-state index contributed by atoms with van der Waals surface area (Å²) in [6.07, 6.45) is 0.114. The molecule has 0 bridgehead atoms. The topological polar surface area (TPSA) is 46.6 Å². The molecule has 1 aliphatic rings. The van der Waals surface area contributed by atoms with Crippen LogP contribution in [-0.2, 0) is 26.3 Å². The first-order valence-electron chi connectivity index (χ1n) is 7.99. The molecule has 24 heavy (non-hydrogen) atoms. The molecule has 0 radical (unpaired) electrons. The molecule has 0 saturated heterocycles. The summed E-state index contributed by atoms with van der Waals surface area (Å²) in [6.45, 7) is 4.26. The summed E-state index contributed by atoms with van der Waals surface area (Å²) >= 11 is 0. The van der Waals surface area contributed by atoms with Crippen molar-refractivity contribution in [1.29, 1.82) is 0 Å². The van der Waals surface area contributed by atoms with E-state index in [4.69, 9.17) is 4.74 Å². The average molecular weight is 323 g/mol. The molecule has 0 aliphatic carbocycles. The van der Waals surface area contributed by atoms with Crippen molar-refractivity contribution < 1.29 is 14.3 Å². The second-order valence-corrected chi connectivity index (χ2v) is 6.49. The number of aryl methyl sites for hydroxylation is 1.